The van der Waals surface area contributed by atoms with Crippen LogP contribution >= 0.6 is 27.7 Å². The van der Waals surface area contributed by atoms with E-state index < -0.39 is 0 Å². The monoisotopic (exact) mass is 368 g/mol. The summed E-state index contributed by atoms with van der Waals surface area (Å²) in [5.74, 6) is -0.167. The van der Waals surface area contributed by atoms with Crippen LogP contribution in [0.5, 0.6) is 0 Å². The maximum absolute atomic E-state index is 14.7. The molecule has 124 valence electrons. The Morgan fingerprint density at radius 1 is 0.826 bits per heavy atom. The SMILES string of the molecule is COCc1cc(CP)c(C)cc1-c1cc(CP)c(CP)cc1F. The van der Waals surface area contributed by atoms with E-state index in [1.807, 2.05) is 6.07 Å². The van der Waals surface area contributed by atoms with E-state index >= 15 is 0 Å². The van der Waals surface area contributed by atoms with Gasteiger partial charge in [-0.25, -0.2) is 4.39 Å². The van der Waals surface area contributed by atoms with Crippen LogP contribution in [0.25, 0.3) is 11.1 Å². The van der Waals surface area contributed by atoms with Gasteiger partial charge in [-0.05, 0) is 70.9 Å². The molecule has 5 heteroatoms. The zero-order chi connectivity index (χ0) is 17.0. The molecule has 0 radical (unpaired) electrons. The van der Waals surface area contributed by atoms with Gasteiger partial charge in [-0.3, -0.25) is 0 Å². The van der Waals surface area contributed by atoms with Crippen molar-refractivity contribution >= 4 is 27.7 Å². The Kier molecular flexibility index (Phi) is 7.12. The number of hydrogen-bond donors (Lipinski definition) is 0. The molecule has 23 heavy (non-hydrogen) atoms. The summed E-state index contributed by atoms with van der Waals surface area (Å²) in [5.41, 5.74) is 7.25. The van der Waals surface area contributed by atoms with Gasteiger partial charge in [0.15, 0.2) is 0 Å². The van der Waals surface area contributed by atoms with Gasteiger partial charge >= 0.3 is 0 Å². The summed E-state index contributed by atoms with van der Waals surface area (Å²) in [7, 11) is 9.82. The van der Waals surface area contributed by atoms with Crippen LogP contribution in [0.2, 0.25) is 0 Å². The maximum Gasteiger partial charge on any atom is 0.131 e. The van der Waals surface area contributed by atoms with Crippen LogP contribution in [0.1, 0.15) is 27.8 Å². The molecule has 0 N–H and O–H groups in total. The van der Waals surface area contributed by atoms with Crippen LogP contribution < -0.4 is 0 Å². The molecule has 2 aromatic carbocycles. The lowest BCUT2D eigenvalue weighted by atomic mass is 9.92. The van der Waals surface area contributed by atoms with Crippen molar-refractivity contribution in [2.45, 2.75) is 32.0 Å². The Hall–Kier alpha value is -0.380. The second-order valence-corrected chi connectivity index (χ2v) is 6.81. The molecule has 2 aromatic rings. The summed E-state index contributed by atoms with van der Waals surface area (Å²) in [6.45, 7) is 2.55. The van der Waals surface area contributed by atoms with E-state index in [0.717, 1.165) is 40.7 Å². The molecule has 0 amide bonds. The average Bonchev–Trinajstić information content (AvgIpc) is 2.56. The first kappa shape index (κ1) is 19.0. The van der Waals surface area contributed by atoms with Gasteiger partial charge in [0.05, 0.1) is 6.61 Å². The third kappa shape index (κ3) is 4.18. The maximum atomic E-state index is 14.7. The predicted molar refractivity (Wildman–Crippen MR) is 108 cm³/mol. The van der Waals surface area contributed by atoms with Crippen molar-refractivity contribution in [2.75, 3.05) is 7.11 Å². The minimum absolute atomic E-state index is 0.167. The molecule has 0 spiro atoms. The first-order valence-electron chi connectivity index (χ1n) is 7.58. The molecule has 0 fully saturated rings. The van der Waals surface area contributed by atoms with Crippen molar-refractivity contribution in [2.24, 2.45) is 0 Å². The normalized spacial score (nSPS) is 11.0. The van der Waals surface area contributed by atoms with Gasteiger partial charge in [0.2, 0.25) is 0 Å². The average molecular weight is 368 g/mol. The van der Waals surface area contributed by atoms with Crippen LogP contribution in [0.4, 0.5) is 4.39 Å². The van der Waals surface area contributed by atoms with Gasteiger partial charge in [0.25, 0.3) is 0 Å². The summed E-state index contributed by atoms with van der Waals surface area (Å²) in [6, 6.07) is 7.86. The van der Waals surface area contributed by atoms with Gasteiger partial charge in [0, 0.05) is 12.7 Å². The van der Waals surface area contributed by atoms with Gasteiger partial charge < -0.3 is 4.74 Å². The molecular weight excluding hydrogens is 344 g/mol. The molecule has 2 rings (SSSR count). The molecule has 0 aliphatic rings. The van der Waals surface area contributed by atoms with E-state index in [2.05, 4.69) is 46.8 Å². The number of halogens is 1. The van der Waals surface area contributed by atoms with Crippen molar-refractivity contribution in [3.63, 3.8) is 0 Å². The predicted octanol–water partition coefficient (Wildman–Crippen LogP) is 5.07. The topological polar surface area (TPSA) is 9.23 Å². The van der Waals surface area contributed by atoms with Crippen LogP contribution in [0, 0.1) is 12.7 Å². The number of benzene rings is 2. The standard InChI is InChI=1S/C18H24FOP3/c1-11-3-16(12(7-20-2)4-13(11)8-21)17-5-14(9-22)15(10-23)6-18(17)19/h3-6H,7-10,21-23H2,1-2H3. The fraction of sp³-hybridized carbons (Fsp3) is 0.333. The highest BCUT2D eigenvalue weighted by Crippen LogP contribution is 2.33. The first-order chi connectivity index (χ1) is 11.0. The zero-order valence-corrected chi connectivity index (χ0v) is 17.1. The summed E-state index contributed by atoms with van der Waals surface area (Å²) in [5, 5.41) is 0. The Bertz CT molecular complexity index is 701. The van der Waals surface area contributed by atoms with Crippen molar-refractivity contribution < 1.29 is 9.13 Å². The number of aryl methyl sites for hydroxylation is 1. The van der Waals surface area contributed by atoms with Crippen LogP contribution in [-0.2, 0) is 29.8 Å². The largest absolute Gasteiger partial charge is 0.380 e. The molecule has 0 heterocycles. The molecule has 3 unspecified atom stereocenters. The number of ether oxygens (including phenoxy) is 1. The van der Waals surface area contributed by atoms with E-state index in [0.29, 0.717) is 12.2 Å². The zero-order valence-electron chi connectivity index (χ0n) is 13.7. The van der Waals surface area contributed by atoms with Crippen LogP contribution in [0.3, 0.4) is 0 Å². The highest BCUT2D eigenvalue weighted by Gasteiger charge is 2.15. The number of hydrogen-bond acceptors (Lipinski definition) is 1. The summed E-state index contributed by atoms with van der Waals surface area (Å²) < 4.78 is 20.0. The van der Waals surface area contributed by atoms with E-state index in [1.165, 1.54) is 11.1 Å². The second kappa shape index (κ2) is 8.64. The molecule has 0 saturated heterocycles. The molecule has 0 aliphatic heterocycles. The molecule has 0 aromatic heterocycles. The van der Waals surface area contributed by atoms with E-state index in [4.69, 9.17) is 4.74 Å². The van der Waals surface area contributed by atoms with Crippen molar-refractivity contribution in [3.8, 4) is 11.1 Å². The lowest BCUT2D eigenvalue weighted by Crippen LogP contribution is -2.00. The molecule has 0 aliphatic carbocycles. The first-order valence-corrected chi connectivity index (χ1v) is 10.0. The third-order valence-electron chi connectivity index (χ3n) is 4.10. The van der Waals surface area contributed by atoms with E-state index in [1.54, 1.807) is 13.2 Å². The van der Waals surface area contributed by atoms with Gasteiger partial charge in [-0.15, -0.1) is 27.7 Å². The molecule has 1 nitrogen and oxygen atoms in total. The summed E-state index contributed by atoms with van der Waals surface area (Å²) >= 11 is 0. The smallest absolute Gasteiger partial charge is 0.131 e. The number of methoxy groups -OCH3 is 1. The Balaban J connectivity index is 2.67. The summed E-state index contributed by atoms with van der Waals surface area (Å²) in [4.78, 5) is 0. The lowest BCUT2D eigenvalue weighted by molar-refractivity contribution is 0.185. The van der Waals surface area contributed by atoms with Crippen LogP contribution in [0.15, 0.2) is 24.3 Å². The minimum atomic E-state index is -0.167. The fourth-order valence-corrected chi connectivity index (χ4v) is 4.00. The Labute approximate surface area is 145 Å². The molecule has 3 atom stereocenters. The van der Waals surface area contributed by atoms with E-state index in [-0.39, 0.29) is 5.82 Å². The highest BCUT2D eigenvalue weighted by atomic mass is 31.0. The highest BCUT2D eigenvalue weighted by molar-refractivity contribution is 7.16. The quantitative estimate of drug-likeness (QED) is 0.647. The molecular formula is C18H24FOP3. The second-order valence-electron chi connectivity index (χ2n) is 5.58. The van der Waals surface area contributed by atoms with Crippen LogP contribution in [-0.4, -0.2) is 7.11 Å². The van der Waals surface area contributed by atoms with Gasteiger partial charge in [-0.1, -0.05) is 12.1 Å². The van der Waals surface area contributed by atoms with Crippen molar-refractivity contribution in [1.29, 1.82) is 0 Å². The summed E-state index contributed by atoms with van der Waals surface area (Å²) in [6.07, 6.45) is 2.46. The van der Waals surface area contributed by atoms with Crippen molar-refractivity contribution in [1.82, 2.24) is 0 Å². The van der Waals surface area contributed by atoms with Gasteiger partial charge in [0.1, 0.15) is 5.82 Å². The lowest BCUT2D eigenvalue weighted by Gasteiger charge is -2.16. The minimum Gasteiger partial charge on any atom is -0.380 e. The molecule has 0 saturated carbocycles. The molecule has 0 bridgehead atoms. The third-order valence-corrected chi connectivity index (χ3v) is 5.42. The number of rotatable bonds is 6. The van der Waals surface area contributed by atoms with Gasteiger partial charge in [-0.2, -0.15) is 0 Å². The Morgan fingerprint density at radius 2 is 1.43 bits per heavy atom. The fourth-order valence-electron chi connectivity index (χ4n) is 2.80. The van der Waals surface area contributed by atoms with E-state index in [9.17, 15) is 4.39 Å². The Morgan fingerprint density at radius 3 is 2.00 bits per heavy atom. The van der Waals surface area contributed by atoms with Crippen molar-refractivity contribution in [3.05, 3.63) is 57.9 Å².